The lowest BCUT2D eigenvalue weighted by Crippen LogP contribution is -2.09. The monoisotopic (exact) mass is 256 g/mol. The Balaban J connectivity index is 2.19. The number of carbonyl (C=O) groups is 1. The summed E-state index contributed by atoms with van der Waals surface area (Å²) in [6.07, 6.45) is 0.751. The normalized spacial score (nSPS) is 12.0. The van der Waals surface area contributed by atoms with E-state index in [-0.39, 0.29) is 18.1 Å². The van der Waals surface area contributed by atoms with Crippen LogP contribution in [-0.2, 0) is 11.2 Å². The van der Waals surface area contributed by atoms with Gasteiger partial charge in [-0.3, -0.25) is 4.79 Å². The summed E-state index contributed by atoms with van der Waals surface area (Å²) in [6, 6.07) is 16.6. The van der Waals surface area contributed by atoms with E-state index < -0.39 is 5.97 Å². The second kappa shape index (κ2) is 6.05. The van der Waals surface area contributed by atoms with Gasteiger partial charge in [0.05, 0.1) is 6.42 Å². The largest absolute Gasteiger partial charge is 0.508 e. The fourth-order valence-electron chi connectivity index (χ4n) is 2.16. The first-order chi connectivity index (χ1) is 9.15. The Labute approximate surface area is 112 Å². The van der Waals surface area contributed by atoms with Gasteiger partial charge in [0.2, 0.25) is 0 Å². The number of phenolic OH excluding ortho intramolecular Hbond substituents is 1. The molecule has 0 fully saturated rings. The van der Waals surface area contributed by atoms with Crippen LogP contribution in [0, 0.1) is 0 Å². The molecule has 0 radical (unpaired) electrons. The Bertz CT molecular complexity index is 532. The van der Waals surface area contributed by atoms with Crippen molar-refractivity contribution in [3.8, 4) is 5.75 Å². The lowest BCUT2D eigenvalue weighted by molar-refractivity contribution is -0.137. The van der Waals surface area contributed by atoms with E-state index in [1.165, 1.54) is 0 Å². The Morgan fingerprint density at radius 1 is 1.00 bits per heavy atom. The predicted octanol–water partition coefficient (Wildman–Crippen LogP) is 3.19. The van der Waals surface area contributed by atoms with Crippen molar-refractivity contribution in [2.24, 2.45) is 0 Å². The van der Waals surface area contributed by atoms with Crippen LogP contribution >= 0.6 is 0 Å². The van der Waals surface area contributed by atoms with Crippen molar-refractivity contribution in [3.63, 3.8) is 0 Å². The maximum atomic E-state index is 11.0. The van der Waals surface area contributed by atoms with Gasteiger partial charge in [-0.25, -0.2) is 0 Å². The number of rotatable bonds is 5. The van der Waals surface area contributed by atoms with E-state index in [4.69, 9.17) is 5.11 Å². The molecule has 2 aromatic carbocycles. The van der Waals surface area contributed by atoms with Gasteiger partial charge < -0.3 is 10.2 Å². The van der Waals surface area contributed by atoms with Crippen LogP contribution in [0.4, 0.5) is 0 Å². The molecule has 0 aliphatic heterocycles. The number of carboxylic acid groups (broad SMARTS) is 1. The highest BCUT2D eigenvalue weighted by Crippen LogP contribution is 2.25. The third-order valence-corrected chi connectivity index (χ3v) is 3.11. The molecule has 0 heterocycles. The lowest BCUT2D eigenvalue weighted by atomic mass is 9.89. The molecule has 3 heteroatoms. The van der Waals surface area contributed by atoms with Gasteiger partial charge in [0.15, 0.2) is 0 Å². The number of carboxylic acids is 1. The summed E-state index contributed by atoms with van der Waals surface area (Å²) in [5.74, 6) is -0.630. The van der Waals surface area contributed by atoms with Crippen molar-refractivity contribution in [3.05, 3.63) is 65.7 Å². The van der Waals surface area contributed by atoms with Crippen molar-refractivity contribution in [1.82, 2.24) is 0 Å². The van der Waals surface area contributed by atoms with Gasteiger partial charge in [0.1, 0.15) is 5.75 Å². The average molecular weight is 256 g/mol. The molecule has 98 valence electrons. The molecule has 0 spiro atoms. The molecule has 2 N–H and O–H groups in total. The molecule has 0 amide bonds. The molecule has 2 rings (SSSR count). The van der Waals surface area contributed by atoms with Crippen LogP contribution in [0.1, 0.15) is 23.5 Å². The SMILES string of the molecule is O=C(O)CC(Cc1ccc(O)cc1)c1ccccc1. The lowest BCUT2D eigenvalue weighted by Gasteiger charge is -2.15. The fraction of sp³-hybridized carbons (Fsp3) is 0.188. The van der Waals surface area contributed by atoms with Crippen LogP contribution in [0.3, 0.4) is 0 Å². The standard InChI is InChI=1S/C16H16O3/c17-15-8-6-12(7-9-15)10-14(11-16(18)19)13-4-2-1-3-5-13/h1-9,14,17H,10-11H2,(H,18,19). The topological polar surface area (TPSA) is 57.5 Å². The summed E-state index contributed by atoms with van der Waals surface area (Å²) in [7, 11) is 0. The maximum Gasteiger partial charge on any atom is 0.303 e. The van der Waals surface area contributed by atoms with Crippen LogP contribution in [0.15, 0.2) is 54.6 Å². The van der Waals surface area contributed by atoms with E-state index in [2.05, 4.69) is 0 Å². The van der Waals surface area contributed by atoms with Gasteiger partial charge in [-0.1, -0.05) is 42.5 Å². The molecule has 0 saturated heterocycles. The quantitative estimate of drug-likeness (QED) is 0.863. The second-order valence-corrected chi connectivity index (χ2v) is 4.58. The highest BCUT2D eigenvalue weighted by molar-refractivity contribution is 5.68. The Morgan fingerprint density at radius 2 is 1.63 bits per heavy atom. The van der Waals surface area contributed by atoms with E-state index >= 15 is 0 Å². The van der Waals surface area contributed by atoms with Crippen molar-refractivity contribution in [2.75, 3.05) is 0 Å². The first-order valence-corrected chi connectivity index (χ1v) is 6.20. The molecule has 2 aromatic rings. The van der Waals surface area contributed by atoms with Crippen LogP contribution < -0.4 is 0 Å². The first kappa shape index (κ1) is 13.1. The van der Waals surface area contributed by atoms with E-state index in [0.29, 0.717) is 6.42 Å². The smallest absolute Gasteiger partial charge is 0.303 e. The minimum absolute atomic E-state index is 0.0526. The van der Waals surface area contributed by atoms with E-state index in [1.54, 1.807) is 12.1 Å². The molecular weight excluding hydrogens is 240 g/mol. The zero-order chi connectivity index (χ0) is 13.7. The summed E-state index contributed by atoms with van der Waals surface area (Å²) in [5.41, 5.74) is 2.05. The Hall–Kier alpha value is -2.29. The van der Waals surface area contributed by atoms with Gasteiger partial charge in [0, 0.05) is 0 Å². The highest BCUT2D eigenvalue weighted by atomic mass is 16.4. The maximum absolute atomic E-state index is 11.0. The minimum atomic E-state index is -0.798. The summed E-state index contributed by atoms with van der Waals surface area (Å²) in [5, 5.41) is 18.3. The van der Waals surface area contributed by atoms with E-state index in [1.807, 2.05) is 42.5 Å². The highest BCUT2D eigenvalue weighted by Gasteiger charge is 2.16. The van der Waals surface area contributed by atoms with Crippen molar-refractivity contribution in [1.29, 1.82) is 0 Å². The van der Waals surface area contributed by atoms with Crippen LogP contribution in [0.2, 0.25) is 0 Å². The molecule has 0 bridgehead atoms. The molecule has 0 aliphatic rings. The number of hydrogen-bond donors (Lipinski definition) is 2. The minimum Gasteiger partial charge on any atom is -0.508 e. The first-order valence-electron chi connectivity index (χ1n) is 6.20. The van der Waals surface area contributed by atoms with Gasteiger partial charge >= 0.3 is 5.97 Å². The third-order valence-electron chi connectivity index (χ3n) is 3.11. The van der Waals surface area contributed by atoms with E-state index in [0.717, 1.165) is 11.1 Å². The average Bonchev–Trinajstić information content (AvgIpc) is 2.41. The molecule has 1 unspecified atom stereocenters. The summed E-state index contributed by atoms with van der Waals surface area (Å²) in [4.78, 5) is 11.0. The molecule has 0 saturated carbocycles. The number of aromatic hydroxyl groups is 1. The summed E-state index contributed by atoms with van der Waals surface area (Å²) >= 11 is 0. The molecule has 1 atom stereocenters. The Morgan fingerprint density at radius 3 is 2.21 bits per heavy atom. The van der Waals surface area contributed by atoms with Gasteiger partial charge in [-0.05, 0) is 35.6 Å². The molecule has 19 heavy (non-hydrogen) atoms. The summed E-state index contributed by atoms with van der Waals surface area (Å²) < 4.78 is 0. The molecular formula is C16H16O3. The second-order valence-electron chi connectivity index (χ2n) is 4.58. The van der Waals surface area contributed by atoms with Crippen LogP contribution in [0.25, 0.3) is 0 Å². The molecule has 0 aliphatic carbocycles. The predicted molar refractivity (Wildman–Crippen MR) is 73.2 cm³/mol. The fourth-order valence-corrected chi connectivity index (χ4v) is 2.16. The van der Waals surface area contributed by atoms with Crippen molar-refractivity contribution < 1.29 is 15.0 Å². The summed E-state index contributed by atoms with van der Waals surface area (Å²) in [6.45, 7) is 0. The molecule has 0 aromatic heterocycles. The number of aliphatic carboxylic acids is 1. The zero-order valence-corrected chi connectivity index (χ0v) is 10.5. The van der Waals surface area contributed by atoms with Crippen molar-refractivity contribution >= 4 is 5.97 Å². The number of hydrogen-bond acceptors (Lipinski definition) is 2. The van der Waals surface area contributed by atoms with Gasteiger partial charge in [-0.2, -0.15) is 0 Å². The number of benzene rings is 2. The third kappa shape index (κ3) is 3.85. The van der Waals surface area contributed by atoms with Gasteiger partial charge in [-0.15, -0.1) is 0 Å². The molecule has 3 nitrogen and oxygen atoms in total. The van der Waals surface area contributed by atoms with Crippen molar-refractivity contribution in [2.45, 2.75) is 18.8 Å². The van der Waals surface area contributed by atoms with Crippen LogP contribution in [-0.4, -0.2) is 16.2 Å². The Kier molecular flexibility index (Phi) is 4.18. The zero-order valence-electron chi connectivity index (χ0n) is 10.5. The van der Waals surface area contributed by atoms with Crippen LogP contribution in [0.5, 0.6) is 5.75 Å². The van der Waals surface area contributed by atoms with Gasteiger partial charge in [0.25, 0.3) is 0 Å². The number of phenols is 1. The van der Waals surface area contributed by atoms with E-state index in [9.17, 15) is 9.90 Å².